The predicted molar refractivity (Wildman–Crippen MR) is 77.1 cm³/mol. The minimum Gasteiger partial charge on any atom is -0.477 e. The normalized spacial score (nSPS) is 11.0. The zero-order valence-corrected chi connectivity index (χ0v) is 11.3. The van der Waals surface area contributed by atoms with E-state index in [1.165, 1.54) is 5.56 Å². The minimum atomic E-state index is -0.878. The highest BCUT2D eigenvalue weighted by molar-refractivity contribution is 7.17. The van der Waals surface area contributed by atoms with E-state index in [9.17, 15) is 9.90 Å². The van der Waals surface area contributed by atoms with E-state index < -0.39 is 5.97 Å². The Balaban J connectivity index is 2.13. The molecule has 4 heteroatoms. The van der Waals surface area contributed by atoms with Gasteiger partial charge in [-0.05, 0) is 35.6 Å². The molecule has 0 unspecified atom stereocenters. The van der Waals surface area contributed by atoms with Crippen molar-refractivity contribution in [3.8, 4) is 0 Å². The van der Waals surface area contributed by atoms with Crippen molar-refractivity contribution >= 4 is 27.5 Å². The van der Waals surface area contributed by atoms with Gasteiger partial charge in [0.2, 0.25) is 0 Å². The van der Waals surface area contributed by atoms with Crippen LogP contribution < -0.4 is 0 Å². The van der Waals surface area contributed by atoms with Crippen LogP contribution in [0.5, 0.6) is 0 Å². The van der Waals surface area contributed by atoms with Crippen LogP contribution in [0.1, 0.15) is 21.6 Å². The zero-order chi connectivity index (χ0) is 13.4. The fourth-order valence-electron chi connectivity index (χ4n) is 2.28. The third kappa shape index (κ3) is 2.04. The van der Waals surface area contributed by atoms with Crippen molar-refractivity contribution in [2.45, 2.75) is 13.5 Å². The average Bonchev–Trinajstić information content (AvgIpc) is 2.94. The molecule has 3 nitrogen and oxygen atoms in total. The van der Waals surface area contributed by atoms with Gasteiger partial charge in [-0.25, -0.2) is 4.79 Å². The average molecular weight is 271 g/mol. The first-order valence-electron chi connectivity index (χ1n) is 6.01. The van der Waals surface area contributed by atoms with Crippen molar-refractivity contribution in [3.63, 3.8) is 0 Å². The molecular weight excluding hydrogens is 258 g/mol. The van der Waals surface area contributed by atoms with Gasteiger partial charge in [-0.1, -0.05) is 24.3 Å². The Morgan fingerprint density at radius 1 is 1.32 bits per heavy atom. The molecule has 3 aromatic rings. The summed E-state index contributed by atoms with van der Waals surface area (Å²) >= 11 is 1.57. The van der Waals surface area contributed by atoms with Crippen molar-refractivity contribution in [2.24, 2.45) is 0 Å². The number of carbonyl (C=O) groups is 1. The van der Waals surface area contributed by atoms with E-state index in [1.807, 2.05) is 47.2 Å². The number of nitrogens with zero attached hydrogens (tertiary/aromatic N) is 1. The molecule has 0 spiro atoms. The summed E-state index contributed by atoms with van der Waals surface area (Å²) in [6.45, 7) is 2.64. The topological polar surface area (TPSA) is 42.2 Å². The summed E-state index contributed by atoms with van der Waals surface area (Å²) in [5.74, 6) is -0.878. The molecule has 19 heavy (non-hydrogen) atoms. The molecule has 3 rings (SSSR count). The van der Waals surface area contributed by atoms with Crippen LogP contribution in [0.3, 0.4) is 0 Å². The number of hydrogen-bond acceptors (Lipinski definition) is 2. The SMILES string of the molecule is Cc1ccccc1Cn1c(C(=O)O)cc2sccc21. The van der Waals surface area contributed by atoms with E-state index in [1.54, 1.807) is 17.4 Å². The van der Waals surface area contributed by atoms with Gasteiger partial charge in [-0.3, -0.25) is 0 Å². The molecule has 0 saturated carbocycles. The summed E-state index contributed by atoms with van der Waals surface area (Å²) < 4.78 is 2.89. The van der Waals surface area contributed by atoms with Gasteiger partial charge in [0.05, 0.1) is 10.2 Å². The van der Waals surface area contributed by atoms with E-state index >= 15 is 0 Å². The van der Waals surface area contributed by atoms with Gasteiger partial charge in [0, 0.05) is 6.54 Å². The number of carboxylic acid groups (broad SMARTS) is 1. The molecular formula is C15H13NO2S. The molecule has 0 atom stereocenters. The molecule has 1 N–H and O–H groups in total. The van der Waals surface area contributed by atoms with Crippen molar-refractivity contribution in [2.75, 3.05) is 0 Å². The number of thiophene rings is 1. The Hall–Kier alpha value is -2.07. The third-order valence-electron chi connectivity index (χ3n) is 3.33. The van der Waals surface area contributed by atoms with Gasteiger partial charge < -0.3 is 9.67 Å². The second-order valence-corrected chi connectivity index (χ2v) is 5.47. The highest BCUT2D eigenvalue weighted by Crippen LogP contribution is 2.26. The molecule has 2 aromatic heterocycles. The first-order valence-corrected chi connectivity index (χ1v) is 6.89. The maximum Gasteiger partial charge on any atom is 0.352 e. The van der Waals surface area contributed by atoms with Crippen molar-refractivity contribution in [1.82, 2.24) is 4.57 Å². The summed E-state index contributed by atoms with van der Waals surface area (Å²) in [7, 11) is 0. The fraction of sp³-hybridized carbons (Fsp3) is 0.133. The first kappa shape index (κ1) is 12.0. The molecule has 0 radical (unpaired) electrons. The maximum absolute atomic E-state index is 11.3. The number of hydrogen-bond donors (Lipinski definition) is 1. The molecule has 0 aliphatic carbocycles. The van der Waals surface area contributed by atoms with Crippen molar-refractivity contribution in [3.05, 3.63) is 58.6 Å². The number of aromatic nitrogens is 1. The molecule has 1 aromatic carbocycles. The quantitative estimate of drug-likeness (QED) is 0.788. The minimum absolute atomic E-state index is 0.352. The van der Waals surface area contributed by atoms with Crippen LogP contribution in [0.25, 0.3) is 10.2 Å². The third-order valence-corrected chi connectivity index (χ3v) is 4.18. The molecule has 0 fully saturated rings. The van der Waals surface area contributed by atoms with Crippen LogP contribution in [-0.4, -0.2) is 15.6 Å². The molecule has 0 amide bonds. The molecule has 96 valence electrons. The lowest BCUT2D eigenvalue weighted by Gasteiger charge is -2.10. The zero-order valence-electron chi connectivity index (χ0n) is 10.5. The van der Waals surface area contributed by atoms with Gasteiger partial charge in [-0.2, -0.15) is 0 Å². The summed E-state index contributed by atoms with van der Waals surface area (Å²) in [5, 5.41) is 11.3. The summed E-state index contributed by atoms with van der Waals surface area (Å²) in [5.41, 5.74) is 3.67. The number of rotatable bonds is 3. The highest BCUT2D eigenvalue weighted by atomic mass is 32.1. The lowest BCUT2D eigenvalue weighted by molar-refractivity contribution is 0.0686. The highest BCUT2D eigenvalue weighted by Gasteiger charge is 2.15. The van der Waals surface area contributed by atoms with Crippen LogP contribution in [0.15, 0.2) is 41.8 Å². The molecule has 0 saturated heterocycles. The Bertz CT molecular complexity index is 754. The second kappa shape index (κ2) is 4.55. The Labute approximate surface area is 114 Å². The number of fused-ring (bicyclic) bond motifs is 1. The molecule has 2 heterocycles. The molecule has 0 bridgehead atoms. The smallest absolute Gasteiger partial charge is 0.352 e. The Morgan fingerprint density at radius 2 is 2.11 bits per heavy atom. The Kier molecular flexibility index (Phi) is 2.87. The Morgan fingerprint density at radius 3 is 2.84 bits per heavy atom. The lowest BCUT2D eigenvalue weighted by atomic mass is 10.1. The van der Waals surface area contributed by atoms with Gasteiger partial charge in [-0.15, -0.1) is 11.3 Å². The molecule has 0 aliphatic rings. The van der Waals surface area contributed by atoms with E-state index in [0.717, 1.165) is 15.8 Å². The van der Waals surface area contributed by atoms with E-state index in [0.29, 0.717) is 12.2 Å². The van der Waals surface area contributed by atoms with E-state index in [-0.39, 0.29) is 0 Å². The maximum atomic E-state index is 11.3. The standard InChI is InChI=1S/C15H13NO2S/c1-10-4-2-3-5-11(10)9-16-12-6-7-19-14(12)8-13(16)15(17)18/h2-8H,9H2,1H3,(H,17,18). The van der Waals surface area contributed by atoms with E-state index in [4.69, 9.17) is 0 Å². The van der Waals surface area contributed by atoms with Crippen molar-refractivity contribution < 1.29 is 9.90 Å². The summed E-state index contributed by atoms with van der Waals surface area (Å²) in [4.78, 5) is 11.3. The van der Waals surface area contributed by atoms with Gasteiger partial charge >= 0.3 is 5.97 Å². The predicted octanol–water partition coefficient (Wildman–Crippen LogP) is 3.76. The largest absolute Gasteiger partial charge is 0.477 e. The van der Waals surface area contributed by atoms with Crippen LogP contribution in [-0.2, 0) is 6.54 Å². The van der Waals surface area contributed by atoms with Crippen LogP contribution >= 0.6 is 11.3 Å². The van der Waals surface area contributed by atoms with Gasteiger partial charge in [0.15, 0.2) is 0 Å². The lowest BCUT2D eigenvalue weighted by Crippen LogP contribution is -2.09. The summed E-state index contributed by atoms with van der Waals surface area (Å²) in [6, 6.07) is 11.8. The number of carboxylic acids is 1. The van der Waals surface area contributed by atoms with E-state index in [2.05, 4.69) is 0 Å². The molecule has 0 aliphatic heterocycles. The summed E-state index contributed by atoms with van der Waals surface area (Å²) in [6.07, 6.45) is 0. The van der Waals surface area contributed by atoms with Crippen LogP contribution in [0, 0.1) is 6.92 Å². The number of aromatic carboxylic acids is 1. The van der Waals surface area contributed by atoms with Crippen LogP contribution in [0.4, 0.5) is 0 Å². The second-order valence-electron chi connectivity index (χ2n) is 4.52. The number of benzene rings is 1. The van der Waals surface area contributed by atoms with Gasteiger partial charge in [0.1, 0.15) is 5.69 Å². The first-order chi connectivity index (χ1) is 9.16. The fourth-order valence-corrected chi connectivity index (χ4v) is 3.10. The number of aryl methyl sites for hydroxylation is 1. The monoisotopic (exact) mass is 271 g/mol. The van der Waals surface area contributed by atoms with Crippen molar-refractivity contribution in [1.29, 1.82) is 0 Å². The van der Waals surface area contributed by atoms with Gasteiger partial charge in [0.25, 0.3) is 0 Å². The van der Waals surface area contributed by atoms with Crippen LogP contribution in [0.2, 0.25) is 0 Å².